The molecule has 1 atom stereocenters. The molecule has 2 N–H and O–H groups in total. The molecule has 1 rings (SSSR count). The Kier molecular flexibility index (Phi) is 7.90. The molecule has 25 heavy (non-hydrogen) atoms. The Balaban J connectivity index is 2.55. The average molecular weight is 360 g/mol. The van der Waals surface area contributed by atoms with E-state index in [0.29, 0.717) is 12.0 Å². The highest BCUT2D eigenvalue weighted by Gasteiger charge is 2.17. The number of hydrogen-bond acceptors (Lipinski definition) is 4. The average Bonchev–Trinajstić information content (AvgIpc) is 2.54. The van der Waals surface area contributed by atoms with Gasteiger partial charge in [-0.15, -0.1) is 0 Å². The molecule has 0 saturated heterocycles. The molecule has 1 aromatic carbocycles. The number of benzene rings is 1. The number of carboxylic acids is 1. The fraction of sp³-hybridized carbons (Fsp3) is 0.500. The zero-order valence-electron chi connectivity index (χ0n) is 14.3. The van der Waals surface area contributed by atoms with Crippen LogP contribution in [-0.2, 0) is 11.2 Å². The predicted molar refractivity (Wildman–Crippen MR) is 86.2 cm³/mol. The summed E-state index contributed by atoms with van der Waals surface area (Å²) in [6, 6.07) is 4.20. The fourth-order valence-electron chi connectivity index (χ4n) is 2.09. The zero-order valence-corrected chi connectivity index (χ0v) is 14.3. The normalized spacial score (nSPS) is 11.8. The third-order valence-electron chi connectivity index (χ3n) is 3.45. The predicted octanol–water partition coefficient (Wildman–Crippen LogP) is 2.20. The molecule has 0 aliphatic heterocycles. The van der Waals surface area contributed by atoms with Gasteiger partial charge in [0.25, 0.3) is 0 Å². The van der Waals surface area contributed by atoms with E-state index in [2.05, 4.69) is 10.1 Å². The van der Waals surface area contributed by atoms with Crippen LogP contribution in [0.2, 0.25) is 0 Å². The lowest BCUT2D eigenvalue weighted by Gasteiger charge is -2.20. The quantitative estimate of drug-likeness (QED) is 0.705. The molecule has 0 aliphatic rings. The summed E-state index contributed by atoms with van der Waals surface area (Å²) >= 11 is 0. The van der Waals surface area contributed by atoms with Crippen molar-refractivity contribution in [3.63, 3.8) is 0 Å². The summed E-state index contributed by atoms with van der Waals surface area (Å²) in [5.41, 5.74) is 0.679. The number of carbonyl (C=O) groups excluding carboxylic acids is 1. The summed E-state index contributed by atoms with van der Waals surface area (Å²) in [5, 5.41) is 11.5. The second kappa shape index (κ2) is 9.65. The number of ether oxygens (including phenoxy) is 2. The fourth-order valence-corrected chi connectivity index (χ4v) is 2.09. The van der Waals surface area contributed by atoms with Gasteiger partial charge in [-0.05, 0) is 24.1 Å². The highest BCUT2D eigenvalue weighted by Crippen LogP contribution is 2.29. The minimum Gasteiger partial charge on any atom is -0.493 e. The van der Waals surface area contributed by atoms with Gasteiger partial charge < -0.3 is 24.8 Å². The number of nitrogens with zero attached hydrogens (tertiary/aromatic N) is 1. The van der Waals surface area contributed by atoms with Crippen LogP contribution in [0, 0.1) is 5.92 Å². The van der Waals surface area contributed by atoms with Crippen molar-refractivity contribution in [2.24, 2.45) is 5.92 Å². The minimum absolute atomic E-state index is 0.0753. The summed E-state index contributed by atoms with van der Waals surface area (Å²) in [5.74, 6) is -1.54. The summed E-state index contributed by atoms with van der Waals surface area (Å²) in [7, 11) is 2.85. The third-order valence-corrected chi connectivity index (χ3v) is 3.45. The van der Waals surface area contributed by atoms with Crippen LogP contribution in [-0.4, -0.2) is 55.9 Å². The topological polar surface area (TPSA) is 88.1 Å². The molecule has 7 nitrogen and oxygen atoms in total. The van der Waals surface area contributed by atoms with Gasteiger partial charge in [0.15, 0.2) is 11.5 Å². The Labute approximate surface area is 144 Å². The molecule has 1 aromatic rings. The smallest absolute Gasteiger partial charge is 0.387 e. The van der Waals surface area contributed by atoms with Crippen LogP contribution in [0.4, 0.5) is 13.6 Å². The lowest BCUT2D eigenvalue weighted by atomic mass is 10.1. The van der Waals surface area contributed by atoms with Crippen LogP contribution < -0.4 is 14.8 Å². The molecule has 140 valence electrons. The molecule has 0 radical (unpaired) electrons. The van der Waals surface area contributed by atoms with Crippen molar-refractivity contribution in [1.82, 2.24) is 10.2 Å². The van der Waals surface area contributed by atoms with Crippen molar-refractivity contribution >= 4 is 12.0 Å². The van der Waals surface area contributed by atoms with Gasteiger partial charge in [-0.2, -0.15) is 8.78 Å². The summed E-state index contributed by atoms with van der Waals surface area (Å²) < 4.78 is 34.1. The van der Waals surface area contributed by atoms with E-state index < -0.39 is 24.5 Å². The van der Waals surface area contributed by atoms with Crippen LogP contribution >= 0.6 is 0 Å². The second-order valence-electron chi connectivity index (χ2n) is 5.47. The van der Waals surface area contributed by atoms with Gasteiger partial charge in [-0.1, -0.05) is 13.0 Å². The van der Waals surface area contributed by atoms with E-state index in [0.717, 1.165) is 0 Å². The zero-order chi connectivity index (χ0) is 19.0. The van der Waals surface area contributed by atoms with Gasteiger partial charge in [-0.25, -0.2) is 4.79 Å². The van der Waals surface area contributed by atoms with Crippen LogP contribution in [0.1, 0.15) is 12.5 Å². The van der Waals surface area contributed by atoms with E-state index in [1.165, 1.54) is 38.1 Å². The number of alkyl halides is 2. The number of nitrogens with one attached hydrogen (secondary N) is 1. The third kappa shape index (κ3) is 6.82. The number of halogens is 2. The molecular formula is C16H22F2N2O5. The molecule has 9 heteroatoms. The Hall–Kier alpha value is -2.58. The van der Waals surface area contributed by atoms with Gasteiger partial charge in [0.1, 0.15) is 0 Å². The van der Waals surface area contributed by atoms with Crippen molar-refractivity contribution < 1.29 is 33.0 Å². The summed E-state index contributed by atoms with van der Waals surface area (Å²) in [4.78, 5) is 23.9. The van der Waals surface area contributed by atoms with E-state index in [1.807, 2.05) is 0 Å². The molecule has 0 aliphatic carbocycles. The van der Waals surface area contributed by atoms with Gasteiger partial charge in [0, 0.05) is 20.1 Å². The number of methoxy groups -OCH3 is 1. The number of carboxylic acid groups (broad SMARTS) is 1. The van der Waals surface area contributed by atoms with Crippen molar-refractivity contribution in [2.45, 2.75) is 20.0 Å². The van der Waals surface area contributed by atoms with E-state index >= 15 is 0 Å². The molecule has 0 fully saturated rings. The Morgan fingerprint density at radius 2 is 2.00 bits per heavy atom. The maximum Gasteiger partial charge on any atom is 0.387 e. The minimum atomic E-state index is -2.96. The maximum absolute atomic E-state index is 12.4. The van der Waals surface area contributed by atoms with Gasteiger partial charge >= 0.3 is 18.6 Å². The first kappa shape index (κ1) is 20.5. The molecule has 0 saturated carbocycles. The van der Waals surface area contributed by atoms with Gasteiger partial charge in [0.2, 0.25) is 0 Å². The second-order valence-corrected chi connectivity index (χ2v) is 5.47. The van der Waals surface area contributed by atoms with Gasteiger partial charge in [0.05, 0.1) is 13.0 Å². The molecule has 2 amide bonds. The van der Waals surface area contributed by atoms with Crippen molar-refractivity contribution in [1.29, 1.82) is 0 Å². The Bertz CT molecular complexity index is 598. The number of rotatable bonds is 9. The van der Waals surface area contributed by atoms with Crippen LogP contribution in [0.3, 0.4) is 0 Å². The molecule has 0 bridgehead atoms. The number of amides is 2. The van der Waals surface area contributed by atoms with Crippen LogP contribution in [0.15, 0.2) is 18.2 Å². The molecule has 0 spiro atoms. The van der Waals surface area contributed by atoms with E-state index in [9.17, 15) is 18.4 Å². The Morgan fingerprint density at radius 3 is 2.56 bits per heavy atom. The van der Waals surface area contributed by atoms with E-state index in [1.54, 1.807) is 6.07 Å². The van der Waals surface area contributed by atoms with Crippen molar-refractivity contribution in [3.05, 3.63) is 23.8 Å². The molecule has 0 aromatic heterocycles. The standard InChI is InChI=1S/C16H22F2N2O5/c1-10(14(21)22)9-20(2)16(23)19-7-6-11-4-5-12(24-3)13(8-11)25-15(17)18/h4-5,8,10,15H,6-7,9H2,1-3H3,(H,19,23)(H,21,22). The van der Waals surface area contributed by atoms with Crippen molar-refractivity contribution in [2.75, 3.05) is 27.2 Å². The first-order chi connectivity index (χ1) is 11.7. The van der Waals surface area contributed by atoms with Crippen LogP contribution in [0.25, 0.3) is 0 Å². The highest BCUT2D eigenvalue weighted by atomic mass is 19.3. The summed E-state index contributed by atoms with van der Waals surface area (Å²) in [6.45, 7) is -1.12. The number of hydrogen-bond donors (Lipinski definition) is 2. The number of carbonyl (C=O) groups is 2. The van der Waals surface area contributed by atoms with Crippen molar-refractivity contribution in [3.8, 4) is 11.5 Å². The lowest BCUT2D eigenvalue weighted by molar-refractivity contribution is -0.141. The first-order valence-corrected chi connectivity index (χ1v) is 7.58. The van der Waals surface area contributed by atoms with Crippen LogP contribution in [0.5, 0.6) is 11.5 Å². The van der Waals surface area contributed by atoms with E-state index in [-0.39, 0.29) is 24.6 Å². The highest BCUT2D eigenvalue weighted by molar-refractivity contribution is 5.75. The SMILES string of the molecule is COc1ccc(CCNC(=O)N(C)CC(C)C(=O)O)cc1OC(F)F. The maximum atomic E-state index is 12.4. The number of aliphatic carboxylic acids is 1. The Morgan fingerprint density at radius 1 is 1.32 bits per heavy atom. The largest absolute Gasteiger partial charge is 0.493 e. The molecule has 1 unspecified atom stereocenters. The van der Waals surface area contributed by atoms with Gasteiger partial charge in [-0.3, -0.25) is 4.79 Å². The monoisotopic (exact) mass is 360 g/mol. The first-order valence-electron chi connectivity index (χ1n) is 7.58. The van der Waals surface area contributed by atoms with E-state index in [4.69, 9.17) is 9.84 Å². The number of urea groups is 1. The molecular weight excluding hydrogens is 338 g/mol. The lowest BCUT2D eigenvalue weighted by Crippen LogP contribution is -2.41. The molecule has 0 heterocycles. The summed E-state index contributed by atoms with van der Waals surface area (Å²) in [6.07, 6.45) is 0.387.